The Morgan fingerprint density at radius 1 is 1.20 bits per heavy atom. The largest absolute Gasteiger partial charge is 0.390 e. The van der Waals surface area contributed by atoms with Gasteiger partial charge in [0, 0.05) is 0 Å². The lowest BCUT2D eigenvalue weighted by atomic mass is 9.74. The molecular formula is C13H26O2. The molecule has 15 heavy (non-hydrogen) atoms. The molecule has 1 aliphatic carbocycles. The zero-order valence-corrected chi connectivity index (χ0v) is 10.6. The molecule has 0 amide bonds. The second-order valence-corrected chi connectivity index (χ2v) is 5.48. The van der Waals surface area contributed by atoms with Crippen LogP contribution in [-0.4, -0.2) is 23.9 Å². The van der Waals surface area contributed by atoms with E-state index in [9.17, 15) is 5.11 Å². The first kappa shape index (κ1) is 13.0. The van der Waals surface area contributed by atoms with Gasteiger partial charge in [0.1, 0.15) is 0 Å². The van der Waals surface area contributed by atoms with Crippen LogP contribution in [-0.2, 0) is 4.74 Å². The number of aliphatic hydroxyl groups excluding tert-OH is 1. The number of aliphatic hydroxyl groups is 1. The van der Waals surface area contributed by atoms with Crippen molar-refractivity contribution in [3.63, 3.8) is 0 Å². The monoisotopic (exact) mass is 214 g/mol. The molecule has 1 fully saturated rings. The van der Waals surface area contributed by atoms with E-state index in [1.807, 2.05) is 13.8 Å². The Bertz CT molecular complexity index is 179. The van der Waals surface area contributed by atoms with Crippen molar-refractivity contribution >= 4 is 0 Å². The van der Waals surface area contributed by atoms with Crippen molar-refractivity contribution in [1.29, 1.82) is 0 Å². The molecule has 1 rings (SSSR count). The lowest BCUT2D eigenvalue weighted by molar-refractivity contribution is -0.0349. The third-order valence-corrected chi connectivity index (χ3v) is 3.78. The van der Waals surface area contributed by atoms with E-state index < -0.39 is 0 Å². The Morgan fingerprint density at radius 3 is 2.40 bits per heavy atom. The fourth-order valence-corrected chi connectivity index (χ4v) is 2.37. The second kappa shape index (κ2) is 5.86. The fourth-order valence-electron chi connectivity index (χ4n) is 2.37. The van der Waals surface area contributed by atoms with Gasteiger partial charge in [-0.15, -0.1) is 0 Å². The zero-order valence-electron chi connectivity index (χ0n) is 10.6. The summed E-state index contributed by atoms with van der Waals surface area (Å²) in [6, 6.07) is 0. The summed E-state index contributed by atoms with van der Waals surface area (Å²) in [5, 5.41) is 10.0. The van der Waals surface area contributed by atoms with Gasteiger partial charge in [-0.05, 0) is 44.4 Å². The van der Waals surface area contributed by atoms with Gasteiger partial charge in [0.15, 0.2) is 0 Å². The third-order valence-electron chi connectivity index (χ3n) is 3.78. The Morgan fingerprint density at radius 2 is 1.87 bits per heavy atom. The Kier molecular flexibility index (Phi) is 5.07. The maximum atomic E-state index is 10.0. The van der Waals surface area contributed by atoms with Crippen LogP contribution in [0.15, 0.2) is 0 Å². The molecule has 1 N–H and O–H groups in total. The van der Waals surface area contributed by atoms with Crippen molar-refractivity contribution in [2.24, 2.45) is 17.8 Å². The summed E-state index contributed by atoms with van der Waals surface area (Å²) in [5.74, 6) is 2.02. The van der Waals surface area contributed by atoms with Gasteiger partial charge >= 0.3 is 0 Å². The average molecular weight is 214 g/mol. The summed E-state index contributed by atoms with van der Waals surface area (Å²) >= 11 is 0. The normalized spacial score (nSPS) is 34.4. The van der Waals surface area contributed by atoms with Gasteiger partial charge in [0.05, 0.1) is 18.8 Å². The molecule has 0 saturated heterocycles. The maximum absolute atomic E-state index is 10.0. The van der Waals surface area contributed by atoms with Crippen LogP contribution in [0.2, 0.25) is 0 Å². The predicted molar refractivity (Wildman–Crippen MR) is 62.8 cm³/mol. The first-order chi connectivity index (χ1) is 7.00. The topological polar surface area (TPSA) is 29.5 Å². The van der Waals surface area contributed by atoms with Crippen LogP contribution in [0.1, 0.15) is 47.0 Å². The molecule has 0 spiro atoms. The Labute approximate surface area is 94.0 Å². The van der Waals surface area contributed by atoms with Crippen LogP contribution in [0.3, 0.4) is 0 Å². The fraction of sp³-hybridized carbons (Fsp3) is 1.00. The van der Waals surface area contributed by atoms with Crippen molar-refractivity contribution in [2.45, 2.75) is 59.2 Å². The SMILES string of the molecule is CC(C)OCC(O)C1CCC(C)C(C)C1. The van der Waals surface area contributed by atoms with Gasteiger partial charge < -0.3 is 9.84 Å². The molecule has 0 aromatic carbocycles. The summed E-state index contributed by atoms with van der Waals surface area (Å²) in [5.41, 5.74) is 0. The minimum Gasteiger partial charge on any atom is -0.390 e. The highest BCUT2D eigenvalue weighted by molar-refractivity contribution is 4.79. The highest BCUT2D eigenvalue weighted by Crippen LogP contribution is 2.35. The molecule has 0 bridgehead atoms. The van der Waals surface area contributed by atoms with E-state index in [-0.39, 0.29) is 12.2 Å². The lowest BCUT2D eigenvalue weighted by Gasteiger charge is -2.34. The van der Waals surface area contributed by atoms with E-state index in [2.05, 4.69) is 13.8 Å². The van der Waals surface area contributed by atoms with Gasteiger partial charge in [0.2, 0.25) is 0 Å². The molecule has 1 saturated carbocycles. The highest BCUT2D eigenvalue weighted by Gasteiger charge is 2.29. The van der Waals surface area contributed by atoms with Crippen LogP contribution in [0.4, 0.5) is 0 Å². The average Bonchev–Trinajstić information content (AvgIpc) is 2.18. The quantitative estimate of drug-likeness (QED) is 0.779. The van der Waals surface area contributed by atoms with Gasteiger partial charge in [-0.3, -0.25) is 0 Å². The summed E-state index contributed by atoms with van der Waals surface area (Å²) in [4.78, 5) is 0. The smallest absolute Gasteiger partial charge is 0.0801 e. The van der Waals surface area contributed by atoms with Crippen molar-refractivity contribution in [3.05, 3.63) is 0 Å². The second-order valence-electron chi connectivity index (χ2n) is 5.48. The molecule has 2 heteroatoms. The lowest BCUT2D eigenvalue weighted by Crippen LogP contribution is -2.33. The first-order valence-electron chi connectivity index (χ1n) is 6.30. The Hall–Kier alpha value is -0.0800. The van der Waals surface area contributed by atoms with Crippen LogP contribution >= 0.6 is 0 Å². The van der Waals surface area contributed by atoms with Gasteiger partial charge in [0.25, 0.3) is 0 Å². The van der Waals surface area contributed by atoms with Crippen molar-refractivity contribution in [1.82, 2.24) is 0 Å². The van der Waals surface area contributed by atoms with Crippen molar-refractivity contribution in [2.75, 3.05) is 6.61 Å². The van der Waals surface area contributed by atoms with Crippen molar-refractivity contribution < 1.29 is 9.84 Å². The molecule has 90 valence electrons. The van der Waals surface area contributed by atoms with Crippen LogP contribution < -0.4 is 0 Å². The summed E-state index contributed by atoms with van der Waals surface area (Å²) in [7, 11) is 0. The molecule has 1 aliphatic rings. The zero-order chi connectivity index (χ0) is 11.4. The molecule has 4 atom stereocenters. The summed E-state index contributed by atoms with van der Waals surface area (Å²) < 4.78 is 5.47. The minimum atomic E-state index is -0.262. The number of ether oxygens (including phenoxy) is 1. The minimum absolute atomic E-state index is 0.222. The standard InChI is InChI=1S/C13H26O2/c1-9(2)15-8-13(14)12-6-5-10(3)11(4)7-12/h9-14H,5-8H2,1-4H3. The third kappa shape index (κ3) is 4.12. The van der Waals surface area contributed by atoms with E-state index >= 15 is 0 Å². The first-order valence-corrected chi connectivity index (χ1v) is 6.30. The molecule has 0 radical (unpaired) electrons. The molecular weight excluding hydrogens is 188 g/mol. The van der Waals surface area contributed by atoms with E-state index in [0.717, 1.165) is 24.7 Å². The Balaban J connectivity index is 2.30. The predicted octanol–water partition coefficient (Wildman–Crippen LogP) is 2.84. The molecule has 0 aromatic heterocycles. The van der Waals surface area contributed by atoms with E-state index in [1.54, 1.807) is 0 Å². The number of rotatable bonds is 4. The van der Waals surface area contributed by atoms with E-state index in [0.29, 0.717) is 12.5 Å². The molecule has 0 aromatic rings. The van der Waals surface area contributed by atoms with Gasteiger partial charge in [-0.25, -0.2) is 0 Å². The van der Waals surface area contributed by atoms with Crippen LogP contribution in [0.5, 0.6) is 0 Å². The van der Waals surface area contributed by atoms with E-state index in [4.69, 9.17) is 4.74 Å². The highest BCUT2D eigenvalue weighted by atomic mass is 16.5. The van der Waals surface area contributed by atoms with Gasteiger partial charge in [-0.2, -0.15) is 0 Å². The number of hydrogen-bond donors (Lipinski definition) is 1. The summed E-state index contributed by atoms with van der Waals surface area (Å²) in [6.45, 7) is 9.14. The van der Waals surface area contributed by atoms with Crippen LogP contribution in [0.25, 0.3) is 0 Å². The molecule has 0 aliphatic heterocycles. The van der Waals surface area contributed by atoms with Crippen LogP contribution in [0, 0.1) is 17.8 Å². The molecule has 2 nitrogen and oxygen atoms in total. The maximum Gasteiger partial charge on any atom is 0.0801 e. The number of hydrogen-bond acceptors (Lipinski definition) is 2. The molecule has 0 heterocycles. The molecule has 4 unspecified atom stereocenters. The van der Waals surface area contributed by atoms with Gasteiger partial charge in [-0.1, -0.05) is 20.3 Å². The summed E-state index contributed by atoms with van der Waals surface area (Å²) in [6.07, 6.45) is 3.53. The van der Waals surface area contributed by atoms with E-state index in [1.165, 1.54) is 6.42 Å². The van der Waals surface area contributed by atoms with Crippen molar-refractivity contribution in [3.8, 4) is 0 Å².